The van der Waals surface area contributed by atoms with E-state index < -0.39 is 5.60 Å². The molecule has 0 aliphatic rings. The van der Waals surface area contributed by atoms with Crippen LogP contribution < -0.4 is 5.32 Å². The normalized spacial score (nSPS) is 12.6. The Hall–Kier alpha value is -1.71. The summed E-state index contributed by atoms with van der Waals surface area (Å²) in [5, 5.41) is 3.39. The third kappa shape index (κ3) is 6.06. The molecule has 24 heavy (non-hydrogen) atoms. The first kappa shape index (κ1) is 20.3. The SMILES string of the molecule is CCCCN(C(=O)OC(C)(C)C)[C@H](C)c1ccc(C)c(NCC)c1. The van der Waals surface area contributed by atoms with Crippen molar-refractivity contribution in [2.75, 3.05) is 18.4 Å². The van der Waals surface area contributed by atoms with Crippen LogP contribution in [0.1, 0.15) is 71.6 Å². The van der Waals surface area contributed by atoms with Gasteiger partial charge in [0.2, 0.25) is 0 Å². The van der Waals surface area contributed by atoms with E-state index in [0.717, 1.165) is 30.6 Å². The number of ether oxygens (including phenoxy) is 1. The summed E-state index contributed by atoms with van der Waals surface area (Å²) in [5.41, 5.74) is 2.98. The van der Waals surface area contributed by atoms with Crippen LogP contribution in [-0.4, -0.2) is 29.7 Å². The molecule has 0 radical (unpaired) electrons. The highest BCUT2D eigenvalue weighted by Crippen LogP contribution is 2.27. The van der Waals surface area contributed by atoms with Crippen molar-refractivity contribution in [3.05, 3.63) is 29.3 Å². The lowest BCUT2D eigenvalue weighted by Gasteiger charge is -2.32. The third-order valence-electron chi connectivity index (χ3n) is 3.96. The van der Waals surface area contributed by atoms with Crippen LogP contribution in [0.15, 0.2) is 18.2 Å². The molecule has 0 fully saturated rings. The molecule has 0 aromatic heterocycles. The minimum atomic E-state index is -0.483. The third-order valence-corrected chi connectivity index (χ3v) is 3.96. The molecule has 136 valence electrons. The van der Waals surface area contributed by atoms with Crippen LogP contribution in [0.5, 0.6) is 0 Å². The quantitative estimate of drug-likeness (QED) is 0.713. The second-order valence-electron chi connectivity index (χ2n) is 7.31. The molecule has 0 saturated carbocycles. The zero-order valence-electron chi connectivity index (χ0n) is 16.4. The maximum atomic E-state index is 12.6. The van der Waals surface area contributed by atoms with Crippen molar-refractivity contribution in [1.29, 1.82) is 0 Å². The average molecular weight is 335 g/mol. The number of anilines is 1. The molecule has 0 saturated heterocycles. The number of carbonyl (C=O) groups excluding carboxylic acids is 1. The van der Waals surface area contributed by atoms with Gasteiger partial charge in [0.15, 0.2) is 0 Å². The summed E-state index contributed by atoms with van der Waals surface area (Å²) >= 11 is 0. The van der Waals surface area contributed by atoms with Gasteiger partial charge in [-0.25, -0.2) is 4.79 Å². The predicted molar refractivity (Wildman–Crippen MR) is 102 cm³/mol. The lowest BCUT2D eigenvalue weighted by molar-refractivity contribution is 0.0170. The number of amides is 1. The van der Waals surface area contributed by atoms with E-state index in [1.54, 1.807) is 0 Å². The predicted octanol–water partition coefficient (Wildman–Crippen LogP) is 5.53. The highest BCUT2D eigenvalue weighted by molar-refractivity contribution is 5.69. The van der Waals surface area contributed by atoms with E-state index in [0.29, 0.717) is 6.54 Å². The lowest BCUT2D eigenvalue weighted by atomic mass is 10.0. The highest BCUT2D eigenvalue weighted by atomic mass is 16.6. The lowest BCUT2D eigenvalue weighted by Crippen LogP contribution is -2.39. The van der Waals surface area contributed by atoms with E-state index in [2.05, 4.69) is 51.2 Å². The van der Waals surface area contributed by atoms with Crippen molar-refractivity contribution in [2.45, 2.75) is 73.0 Å². The molecule has 0 spiro atoms. The fourth-order valence-corrected chi connectivity index (χ4v) is 2.55. The van der Waals surface area contributed by atoms with Crippen LogP contribution in [0.2, 0.25) is 0 Å². The Morgan fingerprint density at radius 1 is 1.29 bits per heavy atom. The number of aryl methyl sites for hydroxylation is 1. The Labute approximate surface area is 147 Å². The molecule has 1 amide bonds. The molecule has 1 aromatic carbocycles. The van der Waals surface area contributed by atoms with Gasteiger partial charge in [-0.2, -0.15) is 0 Å². The number of hydrogen-bond acceptors (Lipinski definition) is 3. The van der Waals surface area contributed by atoms with Crippen LogP contribution in [0.25, 0.3) is 0 Å². The van der Waals surface area contributed by atoms with E-state index in [1.165, 1.54) is 5.56 Å². The second kappa shape index (κ2) is 8.95. The fourth-order valence-electron chi connectivity index (χ4n) is 2.55. The largest absolute Gasteiger partial charge is 0.444 e. The van der Waals surface area contributed by atoms with Gasteiger partial charge in [0.25, 0.3) is 0 Å². The summed E-state index contributed by atoms with van der Waals surface area (Å²) in [6.45, 7) is 15.7. The minimum Gasteiger partial charge on any atom is -0.444 e. The molecule has 1 rings (SSSR count). The molecule has 0 bridgehead atoms. The summed E-state index contributed by atoms with van der Waals surface area (Å²) < 4.78 is 5.61. The first-order valence-corrected chi connectivity index (χ1v) is 9.03. The average Bonchev–Trinajstić information content (AvgIpc) is 2.48. The molecule has 0 heterocycles. The first-order valence-electron chi connectivity index (χ1n) is 9.03. The standard InChI is InChI=1S/C20H34N2O2/c1-8-10-13-22(19(23)24-20(5,6)7)16(4)17-12-11-15(3)18(14-17)21-9-2/h11-12,14,16,21H,8-10,13H2,1-7H3/t16-/m1/s1. The van der Waals surface area contributed by atoms with Gasteiger partial charge in [-0.05, 0) is 65.2 Å². The van der Waals surface area contributed by atoms with Crippen molar-refractivity contribution in [3.63, 3.8) is 0 Å². The second-order valence-corrected chi connectivity index (χ2v) is 7.31. The number of unbranched alkanes of at least 4 members (excludes halogenated alkanes) is 1. The monoisotopic (exact) mass is 334 g/mol. The molecular formula is C20H34N2O2. The van der Waals surface area contributed by atoms with E-state index in [4.69, 9.17) is 4.74 Å². The molecule has 4 nitrogen and oxygen atoms in total. The van der Waals surface area contributed by atoms with Gasteiger partial charge in [-0.3, -0.25) is 0 Å². The molecule has 0 aliphatic carbocycles. The van der Waals surface area contributed by atoms with Crippen molar-refractivity contribution in [1.82, 2.24) is 4.90 Å². The number of nitrogens with one attached hydrogen (secondary N) is 1. The number of rotatable bonds is 7. The van der Waals surface area contributed by atoms with Crippen LogP contribution in [0.3, 0.4) is 0 Å². The molecule has 1 aromatic rings. The fraction of sp³-hybridized carbons (Fsp3) is 0.650. The molecule has 0 aliphatic heterocycles. The highest BCUT2D eigenvalue weighted by Gasteiger charge is 2.26. The zero-order chi connectivity index (χ0) is 18.3. The molecular weight excluding hydrogens is 300 g/mol. The number of carbonyl (C=O) groups is 1. The van der Waals surface area contributed by atoms with Gasteiger partial charge in [-0.15, -0.1) is 0 Å². The van der Waals surface area contributed by atoms with E-state index in [9.17, 15) is 4.79 Å². The molecule has 1 N–H and O–H groups in total. The Bertz CT molecular complexity index is 535. The maximum Gasteiger partial charge on any atom is 0.410 e. The summed E-state index contributed by atoms with van der Waals surface area (Å²) in [5.74, 6) is 0. The van der Waals surface area contributed by atoms with Gasteiger partial charge in [-0.1, -0.05) is 25.5 Å². The van der Waals surface area contributed by atoms with Gasteiger partial charge in [0.1, 0.15) is 5.60 Å². The summed E-state index contributed by atoms with van der Waals surface area (Å²) in [6, 6.07) is 6.33. The van der Waals surface area contributed by atoms with Crippen LogP contribution >= 0.6 is 0 Å². The number of hydrogen-bond donors (Lipinski definition) is 1. The van der Waals surface area contributed by atoms with E-state index >= 15 is 0 Å². The van der Waals surface area contributed by atoms with Crippen molar-refractivity contribution in [3.8, 4) is 0 Å². The number of nitrogens with zero attached hydrogens (tertiary/aromatic N) is 1. The zero-order valence-corrected chi connectivity index (χ0v) is 16.4. The molecule has 0 unspecified atom stereocenters. The van der Waals surface area contributed by atoms with Gasteiger partial charge >= 0.3 is 6.09 Å². The van der Waals surface area contributed by atoms with E-state index in [-0.39, 0.29) is 12.1 Å². The summed E-state index contributed by atoms with van der Waals surface area (Å²) in [7, 11) is 0. The van der Waals surface area contributed by atoms with Gasteiger partial charge < -0.3 is 15.0 Å². The Balaban J connectivity index is 3.04. The van der Waals surface area contributed by atoms with Crippen LogP contribution in [0, 0.1) is 6.92 Å². The minimum absolute atomic E-state index is 0.0237. The Kier molecular flexibility index (Phi) is 7.59. The van der Waals surface area contributed by atoms with E-state index in [1.807, 2.05) is 25.7 Å². The Morgan fingerprint density at radius 3 is 2.50 bits per heavy atom. The maximum absolute atomic E-state index is 12.6. The van der Waals surface area contributed by atoms with Crippen molar-refractivity contribution >= 4 is 11.8 Å². The Morgan fingerprint density at radius 2 is 1.96 bits per heavy atom. The first-order chi connectivity index (χ1) is 11.2. The van der Waals surface area contributed by atoms with Crippen molar-refractivity contribution < 1.29 is 9.53 Å². The smallest absolute Gasteiger partial charge is 0.410 e. The van der Waals surface area contributed by atoms with Crippen molar-refractivity contribution in [2.24, 2.45) is 0 Å². The molecule has 4 heteroatoms. The van der Waals surface area contributed by atoms with Gasteiger partial charge in [0, 0.05) is 18.8 Å². The number of benzene rings is 1. The summed E-state index contributed by atoms with van der Waals surface area (Å²) in [4.78, 5) is 14.5. The van der Waals surface area contributed by atoms with Crippen LogP contribution in [0.4, 0.5) is 10.5 Å². The van der Waals surface area contributed by atoms with Gasteiger partial charge in [0.05, 0.1) is 6.04 Å². The molecule has 1 atom stereocenters. The summed E-state index contributed by atoms with van der Waals surface area (Å²) in [6.07, 6.45) is 1.77. The topological polar surface area (TPSA) is 41.6 Å². The van der Waals surface area contributed by atoms with Crippen LogP contribution in [-0.2, 0) is 4.74 Å².